The molecule has 1 saturated heterocycles. The van der Waals surface area contributed by atoms with Crippen LogP contribution in [0.1, 0.15) is 138 Å². The van der Waals surface area contributed by atoms with Crippen LogP contribution in [0.4, 0.5) is 0 Å². The zero-order valence-electron chi connectivity index (χ0n) is 29.6. The molecule has 2 spiro atoms. The van der Waals surface area contributed by atoms with Crippen molar-refractivity contribution in [3.8, 4) is 0 Å². The van der Waals surface area contributed by atoms with Gasteiger partial charge in [-0.1, -0.05) is 34.1 Å². The highest BCUT2D eigenvalue weighted by molar-refractivity contribution is 5.75. The predicted molar refractivity (Wildman–Crippen MR) is 172 cm³/mol. The maximum absolute atomic E-state index is 12.7. The van der Waals surface area contributed by atoms with Crippen LogP contribution in [-0.4, -0.2) is 48.2 Å². The van der Waals surface area contributed by atoms with Gasteiger partial charge in [0.15, 0.2) is 0 Å². The number of ether oxygens (including phenoxy) is 2. The zero-order chi connectivity index (χ0) is 33.6. The van der Waals surface area contributed by atoms with Crippen LogP contribution in [0.15, 0.2) is 0 Å². The van der Waals surface area contributed by atoms with Gasteiger partial charge in [0.1, 0.15) is 12.2 Å². The van der Waals surface area contributed by atoms with Crippen molar-refractivity contribution in [2.75, 3.05) is 6.54 Å². The average Bonchev–Trinajstić information content (AvgIpc) is 3.40. The quantitative estimate of drug-likeness (QED) is 0.218. The molecule has 0 radical (unpaired) electrons. The van der Waals surface area contributed by atoms with Gasteiger partial charge in [0.2, 0.25) is 17.5 Å². The smallest absolute Gasteiger partial charge is 0.302 e. The van der Waals surface area contributed by atoms with Gasteiger partial charge in [-0.05, 0) is 92.8 Å². The van der Waals surface area contributed by atoms with Gasteiger partial charge in [0.05, 0.1) is 0 Å². The standard InChI is InChI=1S/C37H59NO9/c1-7-19-38-32(41)14-11-23(2)27-12-13-28-33-29(21-31(35(27,28)6)43-25(4)40)34(5)17-18-37(22-26(34)20-30(33)42-24(3)39)46-44-36(45-47-37)15-9-8-10-16-36/h23,26-31,33H,7-22H2,1-6H3,(H,38,41)/t23?,26-,27-,28?,29?,30-,31+,33?,34+,35-/m1/s1. The van der Waals surface area contributed by atoms with Gasteiger partial charge in [-0.2, -0.15) is 19.6 Å². The second-order valence-corrected chi connectivity index (χ2v) is 16.5. The first kappa shape index (κ1) is 35.1. The molecule has 6 rings (SSSR count). The summed E-state index contributed by atoms with van der Waals surface area (Å²) < 4.78 is 12.6. The van der Waals surface area contributed by atoms with Crippen molar-refractivity contribution in [3.05, 3.63) is 0 Å². The minimum absolute atomic E-state index is 0.0972. The summed E-state index contributed by atoms with van der Waals surface area (Å²) in [5, 5.41) is 3.02. The lowest BCUT2D eigenvalue weighted by Crippen LogP contribution is -2.65. The van der Waals surface area contributed by atoms with Crippen molar-refractivity contribution in [1.82, 2.24) is 5.32 Å². The van der Waals surface area contributed by atoms with Crippen LogP contribution in [0.2, 0.25) is 0 Å². The fourth-order valence-electron chi connectivity index (χ4n) is 11.4. The fraction of sp³-hybridized carbons (Fsp3) is 0.919. The lowest BCUT2D eigenvalue weighted by molar-refractivity contribution is -0.665. The van der Waals surface area contributed by atoms with Crippen molar-refractivity contribution in [3.63, 3.8) is 0 Å². The third-order valence-corrected chi connectivity index (χ3v) is 13.8. The number of amides is 1. The molecule has 0 aromatic rings. The van der Waals surface area contributed by atoms with E-state index in [0.717, 1.165) is 77.0 Å². The number of fused-ring (bicyclic) bond motifs is 5. The molecule has 47 heavy (non-hydrogen) atoms. The molecular formula is C37H59NO9. The van der Waals surface area contributed by atoms with Crippen LogP contribution in [0.5, 0.6) is 0 Å². The molecule has 5 aliphatic carbocycles. The Morgan fingerprint density at radius 3 is 2.19 bits per heavy atom. The highest BCUT2D eigenvalue weighted by Crippen LogP contribution is 2.70. The summed E-state index contributed by atoms with van der Waals surface area (Å²) in [7, 11) is 0. The van der Waals surface area contributed by atoms with E-state index in [4.69, 9.17) is 29.0 Å². The van der Waals surface area contributed by atoms with Crippen LogP contribution in [0, 0.1) is 46.3 Å². The van der Waals surface area contributed by atoms with Gasteiger partial charge >= 0.3 is 11.9 Å². The summed E-state index contributed by atoms with van der Waals surface area (Å²) in [6.45, 7) is 12.8. The number of carbonyl (C=O) groups excluding carboxylic acids is 3. The van der Waals surface area contributed by atoms with E-state index in [1.165, 1.54) is 13.8 Å². The Morgan fingerprint density at radius 1 is 0.851 bits per heavy atom. The molecule has 5 saturated carbocycles. The first-order chi connectivity index (χ1) is 22.3. The Morgan fingerprint density at radius 2 is 1.53 bits per heavy atom. The van der Waals surface area contributed by atoms with E-state index in [0.29, 0.717) is 31.7 Å². The summed E-state index contributed by atoms with van der Waals surface area (Å²) in [5.74, 6) is -0.935. The molecule has 10 nitrogen and oxygen atoms in total. The summed E-state index contributed by atoms with van der Waals surface area (Å²) in [4.78, 5) is 62.2. The molecular weight excluding hydrogens is 602 g/mol. The molecule has 0 aromatic heterocycles. The maximum Gasteiger partial charge on any atom is 0.302 e. The van der Waals surface area contributed by atoms with Crippen molar-refractivity contribution in [2.24, 2.45) is 46.3 Å². The van der Waals surface area contributed by atoms with Crippen LogP contribution in [-0.2, 0) is 43.4 Å². The van der Waals surface area contributed by atoms with E-state index >= 15 is 0 Å². The fourth-order valence-corrected chi connectivity index (χ4v) is 11.4. The largest absolute Gasteiger partial charge is 0.462 e. The van der Waals surface area contributed by atoms with Gasteiger partial charge in [0.25, 0.3) is 0 Å². The third kappa shape index (κ3) is 6.50. The number of carbonyl (C=O) groups is 3. The zero-order valence-corrected chi connectivity index (χ0v) is 29.6. The molecule has 1 amide bonds. The summed E-state index contributed by atoms with van der Waals surface area (Å²) in [6, 6.07) is 0. The van der Waals surface area contributed by atoms with E-state index < -0.39 is 11.6 Å². The third-order valence-electron chi connectivity index (χ3n) is 13.8. The number of rotatable bonds is 8. The number of esters is 2. The molecule has 266 valence electrons. The summed E-state index contributed by atoms with van der Waals surface area (Å²) in [5.41, 5.74) is -0.380. The maximum atomic E-state index is 12.7. The van der Waals surface area contributed by atoms with Gasteiger partial charge < -0.3 is 14.8 Å². The van der Waals surface area contributed by atoms with E-state index in [1.54, 1.807) is 0 Å². The van der Waals surface area contributed by atoms with E-state index in [2.05, 4.69) is 33.0 Å². The Labute approximate surface area is 280 Å². The normalized spacial score (nSPS) is 40.9. The molecule has 1 heterocycles. The molecule has 1 N–H and O–H groups in total. The van der Waals surface area contributed by atoms with Crippen LogP contribution >= 0.6 is 0 Å². The second kappa shape index (κ2) is 13.5. The number of hydrogen-bond donors (Lipinski definition) is 1. The topological polar surface area (TPSA) is 119 Å². The van der Waals surface area contributed by atoms with Crippen molar-refractivity contribution in [1.29, 1.82) is 0 Å². The Balaban J connectivity index is 1.25. The first-order valence-corrected chi connectivity index (χ1v) is 18.7. The highest BCUT2D eigenvalue weighted by atomic mass is 17.4. The molecule has 10 heteroatoms. The molecule has 1 aliphatic heterocycles. The van der Waals surface area contributed by atoms with E-state index in [9.17, 15) is 14.4 Å². The van der Waals surface area contributed by atoms with Crippen LogP contribution in [0.25, 0.3) is 0 Å². The highest BCUT2D eigenvalue weighted by Gasteiger charge is 2.69. The lowest BCUT2D eigenvalue weighted by Gasteiger charge is -2.65. The van der Waals surface area contributed by atoms with Gasteiger partial charge in [-0.15, -0.1) is 0 Å². The van der Waals surface area contributed by atoms with E-state index in [-0.39, 0.29) is 70.5 Å². The van der Waals surface area contributed by atoms with Gasteiger partial charge in [-0.3, -0.25) is 14.4 Å². The molecule has 6 aliphatic rings. The van der Waals surface area contributed by atoms with Gasteiger partial charge in [0, 0.05) is 63.8 Å². The molecule has 10 atom stereocenters. The lowest BCUT2D eigenvalue weighted by atomic mass is 9.42. The Bertz CT molecular complexity index is 1160. The number of nitrogens with one attached hydrogen (secondary N) is 1. The average molecular weight is 662 g/mol. The summed E-state index contributed by atoms with van der Waals surface area (Å²) in [6.07, 6.45) is 11.9. The van der Waals surface area contributed by atoms with Crippen LogP contribution in [0.3, 0.4) is 0 Å². The van der Waals surface area contributed by atoms with Crippen molar-refractivity contribution < 1.29 is 43.4 Å². The molecule has 6 fully saturated rings. The monoisotopic (exact) mass is 661 g/mol. The second-order valence-electron chi connectivity index (χ2n) is 16.5. The van der Waals surface area contributed by atoms with Gasteiger partial charge in [-0.25, -0.2) is 0 Å². The summed E-state index contributed by atoms with van der Waals surface area (Å²) >= 11 is 0. The first-order valence-electron chi connectivity index (χ1n) is 18.7. The Hall–Kier alpha value is -1.75. The minimum atomic E-state index is -0.990. The Kier molecular flexibility index (Phi) is 10.1. The number of hydrogen-bond acceptors (Lipinski definition) is 9. The molecule has 4 unspecified atom stereocenters. The van der Waals surface area contributed by atoms with Crippen LogP contribution < -0.4 is 5.32 Å². The SMILES string of the molecule is CCCNC(=O)CCC(C)[C@H]1CCC2C3C(C[C@H](OC(C)=O)[C@@]21C)[C@@]1(C)CCC2(C[C@H]1C[C@H]3OC(C)=O)OOC1(CCCCC1)OO2. The van der Waals surface area contributed by atoms with E-state index in [1.807, 2.05) is 0 Å². The molecule has 0 bridgehead atoms. The predicted octanol–water partition coefficient (Wildman–Crippen LogP) is 6.94. The molecule has 0 aromatic carbocycles. The minimum Gasteiger partial charge on any atom is -0.462 e. The van der Waals surface area contributed by atoms with Crippen molar-refractivity contribution >= 4 is 17.8 Å². The van der Waals surface area contributed by atoms with Crippen molar-refractivity contribution in [2.45, 2.75) is 162 Å².